The molecule has 2 nitrogen and oxygen atoms in total. The van der Waals surface area contributed by atoms with Crippen LogP contribution in [0.4, 0.5) is 0 Å². The Hall–Kier alpha value is -0.370. The number of carbonyl (C=O) groups is 1. The van der Waals surface area contributed by atoms with Crippen molar-refractivity contribution in [1.29, 1.82) is 0 Å². The van der Waals surface area contributed by atoms with Gasteiger partial charge in [-0.05, 0) is 12.8 Å². The Bertz CT molecular complexity index is 168. The van der Waals surface area contributed by atoms with Gasteiger partial charge in [-0.2, -0.15) is 0 Å². The van der Waals surface area contributed by atoms with Crippen molar-refractivity contribution in [3.63, 3.8) is 0 Å². The Morgan fingerprint density at radius 3 is 2.12 bits per heavy atom. The molecule has 0 aliphatic carbocycles. The molecule has 0 bridgehead atoms. The average molecular weight is 227 g/mol. The third-order valence-corrected chi connectivity index (χ3v) is 3.06. The maximum absolute atomic E-state index is 11.6. The Labute approximate surface area is 101 Å². The molecule has 0 spiro atoms. The van der Waals surface area contributed by atoms with Crippen molar-refractivity contribution in [3.8, 4) is 0 Å². The number of nitrogens with two attached hydrogens (primary N) is 1. The molecule has 0 fully saturated rings. The molecule has 16 heavy (non-hydrogen) atoms. The van der Waals surface area contributed by atoms with Crippen LogP contribution >= 0.6 is 0 Å². The van der Waals surface area contributed by atoms with Gasteiger partial charge in [0, 0.05) is 6.42 Å². The van der Waals surface area contributed by atoms with Crippen LogP contribution in [0.5, 0.6) is 0 Å². The van der Waals surface area contributed by atoms with Gasteiger partial charge in [-0.15, -0.1) is 0 Å². The van der Waals surface area contributed by atoms with Crippen LogP contribution in [-0.2, 0) is 4.79 Å². The lowest BCUT2D eigenvalue weighted by molar-refractivity contribution is -0.120. The van der Waals surface area contributed by atoms with Crippen molar-refractivity contribution in [3.05, 3.63) is 0 Å². The summed E-state index contributed by atoms with van der Waals surface area (Å²) in [5.74, 6) is 0.268. The van der Waals surface area contributed by atoms with Gasteiger partial charge in [0.05, 0.1) is 6.04 Å². The number of rotatable bonds is 11. The van der Waals surface area contributed by atoms with Crippen molar-refractivity contribution in [2.24, 2.45) is 5.73 Å². The molecule has 0 aliphatic rings. The van der Waals surface area contributed by atoms with Gasteiger partial charge < -0.3 is 5.73 Å². The van der Waals surface area contributed by atoms with Crippen molar-refractivity contribution in [2.75, 3.05) is 0 Å². The van der Waals surface area contributed by atoms with Gasteiger partial charge in [-0.3, -0.25) is 4.79 Å². The highest BCUT2D eigenvalue weighted by molar-refractivity contribution is 5.83. The fraction of sp³-hybridized carbons (Fsp3) is 0.929. The summed E-state index contributed by atoms with van der Waals surface area (Å²) in [4.78, 5) is 11.6. The fourth-order valence-corrected chi connectivity index (χ4v) is 1.85. The highest BCUT2D eigenvalue weighted by Crippen LogP contribution is 2.09. The van der Waals surface area contributed by atoms with E-state index < -0.39 is 0 Å². The molecule has 0 radical (unpaired) electrons. The Morgan fingerprint density at radius 2 is 1.50 bits per heavy atom. The maximum Gasteiger partial charge on any atom is 0.149 e. The molecule has 0 saturated heterocycles. The van der Waals surface area contributed by atoms with Gasteiger partial charge in [0.25, 0.3) is 0 Å². The number of hydrogen-bond donors (Lipinski definition) is 1. The van der Waals surface area contributed by atoms with Crippen LogP contribution in [0.25, 0.3) is 0 Å². The van der Waals surface area contributed by atoms with Crippen LogP contribution < -0.4 is 5.73 Å². The lowest BCUT2D eigenvalue weighted by Gasteiger charge is -2.09. The summed E-state index contributed by atoms with van der Waals surface area (Å²) in [5.41, 5.74) is 5.82. The molecule has 0 saturated carbocycles. The normalized spacial score (nSPS) is 12.7. The lowest BCUT2D eigenvalue weighted by atomic mass is 10.0. The largest absolute Gasteiger partial charge is 0.322 e. The molecule has 0 aliphatic heterocycles. The van der Waals surface area contributed by atoms with Crippen LogP contribution in [0.15, 0.2) is 0 Å². The number of carbonyl (C=O) groups excluding carboxylic acids is 1. The molecule has 0 aromatic carbocycles. The maximum atomic E-state index is 11.6. The van der Waals surface area contributed by atoms with Crippen LogP contribution in [0.2, 0.25) is 0 Å². The van der Waals surface area contributed by atoms with E-state index >= 15 is 0 Å². The van der Waals surface area contributed by atoms with E-state index in [-0.39, 0.29) is 11.8 Å². The zero-order valence-electron chi connectivity index (χ0n) is 11.1. The summed E-state index contributed by atoms with van der Waals surface area (Å²) >= 11 is 0. The highest BCUT2D eigenvalue weighted by atomic mass is 16.1. The van der Waals surface area contributed by atoms with Crippen molar-refractivity contribution in [2.45, 2.75) is 84.1 Å². The molecular weight excluding hydrogens is 198 g/mol. The summed E-state index contributed by atoms with van der Waals surface area (Å²) in [6.07, 6.45) is 11.2. The SMILES string of the molecule is CCCCCCCCC(=O)C(N)CCCC. The number of ketones is 1. The second kappa shape index (κ2) is 11.1. The van der Waals surface area contributed by atoms with Gasteiger partial charge in [0.1, 0.15) is 5.78 Å². The fourth-order valence-electron chi connectivity index (χ4n) is 1.85. The third kappa shape index (κ3) is 8.90. The zero-order chi connectivity index (χ0) is 12.2. The Kier molecular flexibility index (Phi) is 10.9. The summed E-state index contributed by atoms with van der Waals surface area (Å²) in [6, 6.07) is -0.199. The van der Waals surface area contributed by atoms with E-state index in [1.54, 1.807) is 0 Å². The molecule has 2 N–H and O–H groups in total. The van der Waals surface area contributed by atoms with Crippen molar-refractivity contribution < 1.29 is 4.79 Å². The molecule has 2 heteroatoms. The van der Waals surface area contributed by atoms with Crippen LogP contribution in [0.3, 0.4) is 0 Å². The number of unbranched alkanes of at least 4 members (excludes halogenated alkanes) is 6. The second-order valence-corrected chi connectivity index (χ2v) is 4.73. The molecule has 0 amide bonds. The van der Waals surface area contributed by atoms with Gasteiger partial charge in [0.2, 0.25) is 0 Å². The molecule has 1 unspecified atom stereocenters. The number of Topliss-reactive ketones (excluding diaryl/α,β-unsaturated/α-hetero) is 1. The Balaban J connectivity index is 3.35. The first-order valence-corrected chi connectivity index (χ1v) is 7.00. The first kappa shape index (κ1) is 15.6. The first-order chi connectivity index (χ1) is 7.72. The molecule has 0 rings (SSSR count). The smallest absolute Gasteiger partial charge is 0.149 e. The summed E-state index contributed by atoms with van der Waals surface area (Å²) < 4.78 is 0. The molecular formula is C14H29NO. The topological polar surface area (TPSA) is 43.1 Å². The molecule has 1 atom stereocenters. The summed E-state index contributed by atoms with van der Waals surface area (Å²) in [5, 5.41) is 0. The minimum atomic E-state index is -0.199. The summed E-state index contributed by atoms with van der Waals surface area (Å²) in [6.45, 7) is 4.35. The lowest BCUT2D eigenvalue weighted by Crippen LogP contribution is -2.30. The van der Waals surface area contributed by atoms with Crippen LogP contribution in [-0.4, -0.2) is 11.8 Å². The molecule has 96 valence electrons. The second-order valence-electron chi connectivity index (χ2n) is 4.73. The molecule has 0 aromatic heterocycles. The van der Waals surface area contributed by atoms with E-state index in [0.29, 0.717) is 6.42 Å². The van der Waals surface area contributed by atoms with Gasteiger partial charge in [-0.25, -0.2) is 0 Å². The van der Waals surface area contributed by atoms with Gasteiger partial charge in [0.15, 0.2) is 0 Å². The van der Waals surface area contributed by atoms with E-state index in [2.05, 4.69) is 13.8 Å². The van der Waals surface area contributed by atoms with E-state index in [1.807, 2.05) is 0 Å². The van der Waals surface area contributed by atoms with E-state index in [9.17, 15) is 4.79 Å². The minimum Gasteiger partial charge on any atom is -0.322 e. The Morgan fingerprint density at radius 1 is 0.938 bits per heavy atom. The average Bonchev–Trinajstić information content (AvgIpc) is 2.30. The van der Waals surface area contributed by atoms with Gasteiger partial charge in [-0.1, -0.05) is 58.8 Å². The van der Waals surface area contributed by atoms with E-state index in [4.69, 9.17) is 5.73 Å². The van der Waals surface area contributed by atoms with Gasteiger partial charge >= 0.3 is 0 Å². The van der Waals surface area contributed by atoms with Crippen molar-refractivity contribution in [1.82, 2.24) is 0 Å². The zero-order valence-corrected chi connectivity index (χ0v) is 11.1. The molecule has 0 aromatic rings. The predicted molar refractivity (Wildman–Crippen MR) is 70.5 cm³/mol. The predicted octanol–water partition coefficient (Wildman–Crippen LogP) is 3.82. The monoisotopic (exact) mass is 227 g/mol. The standard InChI is InChI=1S/C14H29NO/c1-3-5-7-8-9-10-12-14(16)13(15)11-6-4-2/h13H,3-12,15H2,1-2H3. The molecule has 0 heterocycles. The third-order valence-electron chi connectivity index (χ3n) is 3.06. The highest BCUT2D eigenvalue weighted by Gasteiger charge is 2.11. The van der Waals surface area contributed by atoms with E-state index in [0.717, 1.165) is 25.7 Å². The van der Waals surface area contributed by atoms with Crippen LogP contribution in [0.1, 0.15) is 78.1 Å². The summed E-state index contributed by atoms with van der Waals surface area (Å²) in [7, 11) is 0. The quantitative estimate of drug-likeness (QED) is 0.545. The van der Waals surface area contributed by atoms with Crippen molar-refractivity contribution >= 4 is 5.78 Å². The number of hydrogen-bond acceptors (Lipinski definition) is 2. The van der Waals surface area contributed by atoms with Crippen LogP contribution in [0, 0.1) is 0 Å². The first-order valence-electron chi connectivity index (χ1n) is 7.00. The minimum absolute atomic E-state index is 0.199. The van der Waals surface area contributed by atoms with E-state index in [1.165, 1.54) is 32.1 Å².